The summed E-state index contributed by atoms with van der Waals surface area (Å²) in [6.07, 6.45) is 0. The summed E-state index contributed by atoms with van der Waals surface area (Å²) in [7, 11) is -14.1. The third-order valence-corrected chi connectivity index (χ3v) is 11.6. The molecule has 0 aromatic rings. The van der Waals surface area contributed by atoms with Crippen LogP contribution in [-0.4, -0.2) is 40.1 Å². The highest BCUT2D eigenvalue weighted by molar-refractivity contribution is 7.78. The van der Waals surface area contributed by atoms with Crippen molar-refractivity contribution in [2.75, 3.05) is 35.4 Å². The van der Waals surface area contributed by atoms with Gasteiger partial charge in [-0.25, -0.2) is 4.67 Å². The quantitative estimate of drug-likeness (QED) is 0.423. The summed E-state index contributed by atoms with van der Waals surface area (Å²) in [5.41, 5.74) is 0. The van der Waals surface area contributed by atoms with Gasteiger partial charge in [-0.1, -0.05) is 0 Å². The largest absolute Gasteiger partial charge is 0.387 e. The fraction of sp³-hybridized carbons (Fsp3) is 1.00. The van der Waals surface area contributed by atoms with Crippen LogP contribution < -0.4 is 0 Å². The lowest BCUT2D eigenvalue weighted by atomic mass is 11.3. The molecule has 4 unspecified atom stereocenters. The molecule has 0 amide bonds. The second-order valence-corrected chi connectivity index (χ2v) is 12.3. The van der Waals surface area contributed by atoms with Crippen molar-refractivity contribution in [3.05, 3.63) is 0 Å². The van der Waals surface area contributed by atoms with Gasteiger partial charge in [-0.2, -0.15) is 16.8 Å². The number of halogens is 4. The maximum Gasteiger partial charge on any atom is 0.387 e. The molecule has 1 heterocycles. The van der Waals surface area contributed by atoms with E-state index in [0.29, 0.717) is 0 Å². The molecule has 1 aliphatic heterocycles. The number of hydrogen-bond donors (Lipinski definition) is 0. The second-order valence-electron chi connectivity index (χ2n) is 3.67. The van der Waals surface area contributed by atoms with E-state index in [1.807, 2.05) is 0 Å². The van der Waals surface area contributed by atoms with Gasteiger partial charge in [-0.15, -0.1) is 18.1 Å². The number of hydrogen-bond acceptors (Lipinski definition) is 8. The van der Waals surface area contributed by atoms with E-state index in [0.717, 1.165) is 40.1 Å². The van der Waals surface area contributed by atoms with E-state index in [1.54, 1.807) is 0 Å². The van der Waals surface area contributed by atoms with E-state index in [-0.39, 0.29) is 0 Å². The molecule has 8 nitrogen and oxygen atoms in total. The molecule has 1 aliphatic rings. The molecule has 0 radical (unpaired) electrons. The Bertz CT molecular complexity index is 632. The summed E-state index contributed by atoms with van der Waals surface area (Å²) in [4.78, 5) is 0. The Morgan fingerprint density at radius 1 is 0.667 bits per heavy atom. The highest BCUT2D eigenvalue weighted by Gasteiger charge is 2.40. The molecule has 16 heteroatoms. The van der Waals surface area contributed by atoms with Crippen molar-refractivity contribution in [2.45, 2.75) is 0 Å². The molecule has 21 heavy (non-hydrogen) atoms. The molecule has 0 spiro atoms. The molecule has 4 atom stereocenters. The van der Waals surface area contributed by atoms with Crippen LogP contribution in [0.4, 0.5) is 16.8 Å². The topological polar surface area (TPSA) is 80.4 Å². The van der Waals surface area contributed by atoms with Gasteiger partial charge in [0.15, 0.2) is 0 Å². The molecule has 1 rings (SSSR count). The lowest BCUT2D eigenvalue weighted by molar-refractivity contribution is 0.401. The summed E-state index contributed by atoms with van der Waals surface area (Å²) in [6, 6.07) is 0. The van der Waals surface area contributed by atoms with E-state index in [4.69, 9.17) is 0 Å². The Kier molecular flexibility index (Phi) is 6.08. The molecule has 0 fully saturated rings. The zero-order valence-electron chi connectivity index (χ0n) is 11.8. The highest BCUT2D eigenvalue weighted by atomic mass is 31.3. The third kappa shape index (κ3) is 4.49. The van der Waals surface area contributed by atoms with Gasteiger partial charge in [-0.05, 0) is 14.1 Å². The average Bonchev–Trinajstić information content (AvgIpc) is 2.36. The van der Waals surface area contributed by atoms with Gasteiger partial charge in [0, 0.05) is 21.3 Å². The van der Waals surface area contributed by atoms with Gasteiger partial charge in [0.2, 0.25) is 0 Å². The summed E-state index contributed by atoms with van der Waals surface area (Å²) in [6.45, 7) is 0. The third-order valence-electron chi connectivity index (χ3n) is 2.10. The summed E-state index contributed by atoms with van der Waals surface area (Å²) >= 11 is 0. The van der Waals surface area contributed by atoms with Crippen LogP contribution in [0.2, 0.25) is 0 Å². The molecule has 0 saturated carbocycles. The fourth-order valence-corrected chi connectivity index (χ4v) is 10.3. The van der Waals surface area contributed by atoms with E-state index in [9.17, 15) is 16.8 Å². The Balaban J connectivity index is 3.86. The molecular formula is C5H15F4N5O3P4. The van der Waals surface area contributed by atoms with Crippen LogP contribution in [-0.2, 0) is 13.6 Å². The van der Waals surface area contributed by atoms with E-state index in [2.05, 4.69) is 31.6 Å². The molecule has 0 aliphatic carbocycles. The minimum Gasteiger partial charge on any atom is -0.307 e. The smallest absolute Gasteiger partial charge is 0.307 e. The van der Waals surface area contributed by atoms with E-state index in [1.165, 1.54) is 0 Å². The van der Waals surface area contributed by atoms with Crippen LogP contribution >= 0.6 is 30.9 Å². The van der Waals surface area contributed by atoms with E-state index >= 15 is 0 Å². The van der Waals surface area contributed by atoms with Gasteiger partial charge in [0.25, 0.3) is 0 Å². The monoisotopic (exact) mass is 393 g/mol. The minimum absolute atomic E-state index is 0.759. The lowest BCUT2D eigenvalue weighted by Gasteiger charge is -2.24. The van der Waals surface area contributed by atoms with Gasteiger partial charge in [0.1, 0.15) is 0 Å². The average molecular weight is 393 g/mol. The van der Waals surface area contributed by atoms with Gasteiger partial charge in [0.05, 0.1) is 0 Å². The lowest BCUT2D eigenvalue weighted by Crippen LogP contribution is -2.04. The highest BCUT2D eigenvalue weighted by Crippen LogP contribution is 2.81. The molecule has 0 N–H and O–H groups in total. The maximum absolute atomic E-state index is 14.7. The summed E-state index contributed by atoms with van der Waals surface area (Å²) in [5.74, 6) is 0. The maximum atomic E-state index is 14.7. The molecular weight excluding hydrogens is 378 g/mol. The summed E-state index contributed by atoms with van der Waals surface area (Å²) in [5, 5.41) is 0. The molecule has 0 bridgehead atoms. The zero-order valence-corrected chi connectivity index (χ0v) is 15.3. The van der Waals surface area contributed by atoms with Crippen molar-refractivity contribution in [1.82, 2.24) is 4.67 Å². The van der Waals surface area contributed by atoms with Crippen LogP contribution in [0, 0.1) is 0 Å². The van der Waals surface area contributed by atoms with E-state index < -0.39 is 30.9 Å². The Morgan fingerprint density at radius 2 is 1.00 bits per heavy atom. The number of rotatable bonds is 4. The Hall–Kier alpha value is 0.480. The second kappa shape index (κ2) is 6.54. The van der Waals surface area contributed by atoms with Crippen molar-refractivity contribution >= 4 is 30.9 Å². The van der Waals surface area contributed by atoms with Crippen LogP contribution in [0.1, 0.15) is 0 Å². The zero-order chi connectivity index (χ0) is 16.5. The number of nitrogens with zero attached hydrogens (tertiary/aromatic N) is 5. The van der Waals surface area contributed by atoms with Crippen molar-refractivity contribution in [2.24, 2.45) is 18.1 Å². The van der Waals surface area contributed by atoms with Gasteiger partial charge >= 0.3 is 30.9 Å². The van der Waals surface area contributed by atoms with Crippen molar-refractivity contribution in [3.8, 4) is 0 Å². The fourth-order valence-electron chi connectivity index (χ4n) is 1.00. The predicted molar refractivity (Wildman–Crippen MR) is 76.5 cm³/mol. The first kappa shape index (κ1) is 19.5. The van der Waals surface area contributed by atoms with Crippen molar-refractivity contribution in [3.63, 3.8) is 0 Å². The molecule has 0 saturated heterocycles. The Labute approximate surface area is 120 Å². The summed E-state index contributed by atoms with van der Waals surface area (Å²) < 4.78 is 83.8. The molecule has 0 aromatic carbocycles. The van der Waals surface area contributed by atoms with Gasteiger partial charge in [-0.3, -0.25) is 0 Å². The van der Waals surface area contributed by atoms with Crippen molar-refractivity contribution < 1.29 is 30.4 Å². The Morgan fingerprint density at radius 3 is 1.33 bits per heavy atom. The standard InChI is InChI=1S/C5H15F4N5O3P4/c1-14(2)18(6)10-19(7,15-3)12-21(9,17-5)13-20(8,11-18)16-4/h1-5H3. The van der Waals surface area contributed by atoms with Crippen LogP contribution in [0.25, 0.3) is 0 Å². The first-order chi connectivity index (χ1) is 9.45. The minimum atomic E-state index is -4.78. The van der Waals surface area contributed by atoms with Crippen LogP contribution in [0.15, 0.2) is 18.1 Å². The SMILES string of the molecule is COP1(F)=NP(F)(OC)=NP(F)(N(C)C)=NP(F)(OC)=N1. The van der Waals surface area contributed by atoms with Crippen LogP contribution in [0.3, 0.4) is 0 Å². The predicted octanol–water partition coefficient (Wildman–Crippen LogP) is 6.16. The first-order valence-corrected chi connectivity index (χ1v) is 11.2. The van der Waals surface area contributed by atoms with Crippen molar-refractivity contribution in [1.29, 1.82) is 0 Å². The first-order valence-electron chi connectivity index (χ1n) is 5.14. The van der Waals surface area contributed by atoms with Crippen LogP contribution in [0.5, 0.6) is 0 Å². The van der Waals surface area contributed by atoms with Gasteiger partial charge < -0.3 is 13.6 Å². The molecule has 0 aromatic heterocycles. The molecule has 126 valence electrons. The normalized spacial score (nSPS) is 43.9.